The second-order valence-corrected chi connectivity index (χ2v) is 6.04. The first-order valence-electron chi connectivity index (χ1n) is 7.41. The fourth-order valence-corrected chi connectivity index (χ4v) is 2.55. The van der Waals surface area contributed by atoms with Crippen LogP contribution in [0.1, 0.15) is 12.5 Å². The third-order valence-electron chi connectivity index (χ3n) is 4.38. The number of alkyl halides is 11. The number of benzene rings is 1. The highest BCUT2D eigenvalue weighted by molar-refractivity contribution is 5.99. The Labute approximate surface area is 149 Å². The second kappa shape index (κ2) is 5.96. The summed E-state index contributed by atoms with van der Waals surface area (Å²) in [5.41, 5.74) is -6.84. The number of amides is 1. The Hall–Kier alpha value is -2.08. The van der Waals surface area contributed by atoms with Gasteiger partial charge >= 0.3 is 35.3 Å². The molecule has 1 fully saturated rings. The number of rotatable bonds is 3. The maximum absolute atomic E-state index is 14.5. The van der Waals surface area contributed by atoms with Crippen molar-refractivity contribution in [2.75, 3.05) is 5.32 Å². The SMILES string of the molecule is CCc1ccc(NC(=O)C2(F)C(F)(F)C(F)(F)C(F)(F)C(F)(F)C2(F)F)cc1. The van der Waals surface area contributed by atoms with Crippen LogP contribution in [0, 0.1) is 0 Å². The van der Waals surface area contributed by atoms with Gasteiger partial charge in [-0.2, -0.15) is 43.9 Å². The Morgan fingerprint density at radius 3 is 1.43 bits per heavy atom. The standard InChI is InChI=1S/C15H10F11NO/c1-2-7-3-5-8(6-4-7)27-9(28)10(16)11(17,18)13(21,22)15(25,26)14(23,24)12(10,19)20/h3-6H,2H2,1H3,(H,27,28). The molecule has 2 nitrogen and oxygen atoms in total. The zero-order chi connectivity index (χ0) is 22.0. The van der Waals surface area contributed by atoms with Crippen LogP contribution in [0.4, 0.5) is 54.0 Å². The average molecular weight is 429 g/mol. The molecule has 2 rings (SSSR count). The fraction of sp³-hybridized carbons (Fsp3) is 0.533. The number of hydrogen-bond donors (Lipinski definition) is 1. The Balaban J connectivity index is 2.62. The van der Waals surface area contributed by atoms with Gasteiger partial charge in [-0.05, 0) is 24.1 Å². The minimum absolute atomic E-state index is 0.408. The quantitative estimate of drug-likeness (QED) is 0.667. The van der Waals surface area contributed by atoms with Crippen LogP contribution in [0.2, 0.25) is 0 Å². The number of carbonyl (C=O) groups is 1. The highest BCUT2D eigenvalue weighted by atomic mass is 19.4. The summed E-state index contributed by atoms with van der Waals surface area (Å²) in [5.74, 6) is -39.7. The van der Waals surface area contributed by atoms with Crippen molar-refractivity contribution < 1.29 is 53.1 Å². The lowest BCUT2D eigenvalue weighted by Crippen LogP contribution is -2.86. The number of carbonyl (C=O) groups excluding carboxylic acids is 1. The first kappa shape index (κ1) is 22.2. The number of hydrogen-bond acceptors (Lipinski definition) is 1. The summed E-state index contributed by atoms with van der Waals surface area (Å²) in [5, 5.41) is 1.03. The van der Waals surface area contributed by atoms with Crippen molar-refractivity contribution in [1.29, 1.82) is 0 Å². The van der Waals surface area contributed by atoms with Gasteiger partial charge in [-0.1, -0.05) is 19.1 Å². The Kier molecular flexibility index (Phi) is 4.73. The van der Waals surface area contributed by atoms with Crippen LogP contribution in [0.5, 0.6) is 0 Å². The van der Waals surface area contributed by atoms with Gasteiger partial charge in [-0.25, -0.2) is 4.39 Å². The molecular weight excluding hydrogens is 419 g/mol. The molecule has 1 aromatic rings. The zero-order valence-electron chi connectivity index (χ0n) is 13.6. The lowest BCUT2D eigenvalue weighted by molar-refractivity contribution is -0.475. The maximum atomic E-state index is 14.5. The monoisotopic (exact) mass is 429 g/mol. The fourth-order valence-electron chi connectivity index (χ4n) is 2.55. The Morgan fingerprint density at radius 2 is 1.07 bits per heavy atom. The number of aryl methyl sites for hydroxylation is 1. The summed E-state index contributed by atoms with van der Waals surface area (Å²) in [6, 6.07) is 4.08. The van der Waals surface area contributed by atoms with Crippen molar-refractivity contribution in [1.82, 2.24) is 0 Å². The van der Waals surface area contributed by atoms with Gasteiger partial charge in [0.1, 0.15) is 0 Å². The van der Waals surface area contributed by atoms with E-state index in [-0.39, 0.29) is 0 Å². The van der Waals surface area contributed by atoms with Crippen LogP contribution >= 0.6 is 0 Å². The number of nitrogens with one attached hydrogen (secondary N) is 1. The molecule has 0 atom stereocenters. The molecule has 0 saturated heterocycles. The molecule has 0 spiro atoms. The summed E-state index contributed by atoms with van der Waals surface area (Å²) < 4.78 is 149. The van der Waals surface area contributed by atoms with E-state index in [1.165, 1.54) is 12.1 Å². The lowest BCUT2D eigenvalue weighted by atomic mass is 9.71. The van der Waals surface area contributed by atoms with Crippen molar-refractivity contribution in [3.63, 3.8) is 0 Å². The average Bonchev–Trinajstić information content (AvgIpc) is 2.59. The molecule has 0 unspecified atom stereocenters. The predicted molar refractivity (Wildman–Crippen MR) is 73.0 cm³/mol. The lowest BCUT2D eigenvalue weighted by Gasteiger charge is -2.51. The second-order valence-electron chi connectivity index (χ2n) is 6.04. The molecular formula is C15H10F11NO. The van der Waals surface area contributed by atoms with Crippen molar-refractivity contribution in [2.24, 2.45) is 0 Å². The van der Waals surface area contributed by atoms with Gasteiger partial charge < -0.3 is 5.32 Å². The van der Waals surface area contributed by atoms with Gasteiger partial charge in [0.15, 0.2) is 0 Å². The predicted octanol–water partition coefficient (Wildman–Crippen LogP) is 5.09. The highest BCUT2D eigenvalue weighted by Gasteiger charge is 3.02. The van der Waals surface area contributed by atoms with Gasteiger partial charge in [0, 0.05) is 5.69 Å². The first-order valence-corrected chi connectivity index (χ1v) is 7.41. The molecule has 0 aromatic heterocycles. The largest absolute Gasteiger partial charge is 0.384 e. The minimum atomic E-state index is -7.36. The summed E-state index contributed by atoms with van der Waals surface area (Å²) in [6.07, 6.45) is 0.408. The number of halogens is 11. The molecule has 0 aliphatic heterocycles. The Bertz CT molecular complexity index is 743. The molecule has 28 heavy (non-hydrogen) atoms. The smallest absolute Gasteiger partial charge is 0.323 e. The third kappa shape index (κ3) is 2.30. The van der Waals surface area contributed by atoms with E-state index in [0.717, 1.165) is 17.4 Å². The van der Waals surface area contributed by atoms with Gasteiger partial charge in [-0.3, -0.25) is 4.79 Å². The van der Waals surface area contributed by atoms with Gasteiger partial charge in [-0.15, -0.1) is 0 Å². The van der Waals surface area contributed by atoms with Crippen molar-refractivity contribution in [2.45, 2.75) is 48.6 Å². The van der Waals surface area contributed by atoms with Crippen LogP contribution in [0.3, 0.4) is 0 Å². The van der Waals surface area contributed by atoms with Crippen LogP contribution in [0.15, 0.2) is 24.3 Å². The van der Waals surface area contributed by atoms with Gasteiger partial charge in [0.05, 0.1) is 0 Å². The summed E-state index contributed by atoms with van der Waals surface area (Å²) in [4.78, 5) is 11.7. The highest BCUT2D eigenvalue weighted by Crippen LogP contribution is 2.69. The molecule has 1 saturated carbocycles. The zero-order valence-corrected chi connectivity index (χ0v) is 13.6. The van der Waals surface area contributed by atoms with E-state index in [2.05, 4.69) is 0 Å². The Morgan fingerprint density at radius 1 is 0.714 bits per heavy atom. The van der Waals surface area contributed by atoms with E-state index >= 15 is 0 Å². The molecule has 1 aliphatic rings. The van der Waals surface area contributed by atoms with E-state index in [9.17, 15) is 53.1 Å². The summed E-state index contributed by atoms with van der Waals surface area (Å²) >= 11 is 0. The van der Waals surface area contributed by atoms with Gasteiger partial charge in [0.25, 0.3) is 5.91 Å². The van der Waals surface area contributed by atoms with E-state index in [0.29, 0.717) is 12.0 Å². The normalized spacial score (nSPS) is 25.7. The molecule has 0 bridgehead atoms. The van der Waals surface area contributed by atoms with E-state index in [4.69, 9.17) is 0 Å². The van der Waals surface area contributed by atoms with Crippen LogP contribution < -0.4 is 5.32 Å². The molecule has 0 heterocycles. The summed E-state index contributed by atoms with van der Waals surface area (Å²) in [6.45, 7) is 1.65. The number of anilines is 1. The molecule has 158 valence electrons. The maximum Gasteiger partial charge on any atom is 0.384 e. The topological polar surface area (TPSA) is 29.1 Å². The van der Waals surface area contributed by atoms with E-state index < -0.39 is 46.9 Å². The third-order valence-corrected chi connectivity index (χ3v) is 4.38. The molecule has 1 N–H and O–H groups in total. The van der Waals surface area contributed by atoms with E-state index in [1.54, 1.807) is 6.92 Å². The molecule has 1 aliphatic carbocycles. The minimum Gasteiger partial charge on any atom is -0.323 e. The molecule has 1 aromatic carbocycles. The molecule has 1 amide bonds. The first-order chi connectivity index (χ1) is 12.4. The van der Waals surface area contributed by atoms with Gasteiger partial charge in [0.2, 0.25) is 0 Å². The van der Waals surface area contributed by atoms with Crippen LogP contribution in [-0.2, 0) is 11.2 Å². The van der Waals surface area contributed by atoms with Crippen molar-refractivity contribution >= 4 is 11.6 Å². The van der Waals surface area contributed by atoms with Crippen molar-refractivity contribution in [3.05, 3.63) is 29.8 Å². The van der Waals surface area contributed by atoms with Crippen LogP contribution in [0.25, 0.3) is 0 Å². The molecule has 13 heteroatoms. The van der Waals surface area contributed by atoms with Crippen LogP contribution in [-0.4, -0.2) is 41.2 Å². The molecule has 0 radical (unpaired) electrons. The van der Waals surface area contributed by atoms with E-state index in [1.807, 2.05) is 0 Å². The van der Waals surface area contributed by atoms with Crippen molar-refractivity contribution in [3.8, 4) is 0 Å². The summed E-state index contributed by atoms with van der Waals surface area (Å²) in [7, 11) is 0.